The van der Waals surface area contributed by atoms with Crippen LogP contribution in [0.4, 0.5) is 0 Å². The van der Waals surface area contributed by atoms with Crippen LogP contribution in [0.1, 0.15) is 19.3 Å². The molecule has 2 rings (SSSR count). The number of carbonyl (C=O) groups excluding carboxylic acids is 3. The standard InChI is InChI=1S/C11H16N2O4/c1-17-11(16)7-4-5-13(6-7)10(15)8-2-3-9(14)12-8/h7-8H,2-6H2,1H3,(H,12,14). The number of rotatable bonds is 2. The lowest BCUT2D eigenvalue weighted by molar-refractivity contribution is -0.145. The van der Waals surface area contributed by atoms with Gasteiger partial charge in [0, 0.05) is 19.5 Å². The summed E-state index contributed by atoms with van der Waals surface area (Å²) in [5.41, 5.74) is 0. The van der Waals surface area contributed by atoms with Crippen molar-refractivity contribution in [3.05, 3.63) is 0 Å². The lowest BCUT2D eigenvalue weighted by Crippen LogP contribution is -2.43. The fourth-order valence-corrected chi connectivity index (χ4v) is 2.34. The number of amides is 2. The molecule has 0 aliphatic carbocycles. The van der Waals surface area contributed by atoms with Gasteiger partial charge in [0.2, 0.25) is 11.8 Å². The summed E-state index contributed by atoms with van der Waals surface area (Å²) in [6.07, 6.45) is 1.60. The highest BCUT2D eigenvalue weighted by molar-refractivity contribution is 5.91. The van der Waals surface area contributed by atoms with Gasteiger partial charge < -0.3 is 15.0 Å². The zero-order valence-electron chi connectivity index (χ0n) is 9.77. The Labute approximate surface area is 99.3 Å². The molecule has 2 atom stereocenters. The Morgan fingerprint density at radius 1 is 1.41 bits per heavy atom. The first-order chi connectivity index (χ1) is 8.11. The predicted molar refractivity (Wildman–Crippen MR) is 57.9 cm³/mol. The van der Waals surface area contributed by atoms with Crippen molar-refractivity contribution in [1.29, 1.82) is 0 Å². The van der Waals surface area contributed by atoms with Gasteiger partial charge in [-0.3, -0.25) is 14.4 Å². The number of nitrogens with zero attached hydrogens (tertiary/aromatic N) is 1. The van der Waals surface area contributed by atoms with Crippen LogP contribution in [0, 0.1) is 5.92 Å². The normalized spacial score (nSPS) is 28.1. The molecule has 17 heavy (non-hydrogen) atoms. The molecule has 2 heterocycles. The highest BCUT2D eigenvalue weighted by Crippen LogP contribution is 2.20. The molecule has 0 radical (unpaired) electrons. The first-order valence-electron chi connectivity index (χ1n) is 5.78. The number of carbonyl (C=O) groups is 3. The van der Waals surface area contributed by atoms with Gasteiger partial charge in [-0.2, -0.15) is 0 Å². The molecule has 0 saturated carbocycles. The van der Waals surface area contributed by atoms with Gasteiger partial charge in [-0.15, -0.1) is 0 Å². The topological polar surface area (TPSA) is 75.7 Å². The molecule has 0 bridgehead atoms. The van der Waals surface area contributed by atoms with Gasteiger partial charge in [-0.05, 0) is 12.8 Å². The summed E-state index contributed by atoms with van der Waals surface area (Å²) >= 11 is 0. The Hall–Kier alpha value is -1.59. The fourth-order valence-electron chi connectivity index (χ4n) is 2.34. The maximum absolute atomic E-state index is 12.0. The van der Waals surface area contributed by atoms with Crippen LogP contribution in [0.5, 0.6) is 0 Å². The molecule has 2 saturated heterocycles. The van der Waals surface area contributed by atoms with Crippen molar-refractivity contribution in [3.63, 3.8) is 0 Å². The summed E-state index contributed by atoms with van der Waals surface area (Å²) in [5.74, 6) is -0.647. The molecule has 94 valence electrons. The molecule has 6 heteroatoms. The molecule has 2 amide bonds. The van der Waals surface area contributed by atoms with E-state index >= 15 is 0 Å². The third-order valence-corrected chi connectivity index (χ3v) is 3.33. The molecule has 0 aromatic carbocycles. The highest BCUT2D eigenvalue weighted by atomic mass is 16.5. The van der Waals surface area contributed by atoms with Crippen LogP contribution >= 0.6 is 0 Å². The molecule has 6 nitrogen and oxygen atoms in total. The third kappa shape index (κ3) is 2.40. The number of esters is 1. The molecular formula is C11H16N2O4. The van der Waals surface area contributed by atoms with E-state index in [9.17, 15) is 14.4 Å². The second-order valence-corrected chi connectivity index (χ2v) is 4.45. The SMILES string of the molecule is COC(=O)C1CCN(C(=O)C2CCC(=O)N2)C1. The van der Waals surface area contributed by atoms with Crippen molar-refractivity contribution in [1.82, 2.24) is 10.2 Å². The van der Waals surface area contributed by atoms with E-state index in [1.807, 2.05) is 0 Å². The summed E-state index contributed by atoms with van der Waals surface area (Å²) in [4.78, 5) is 36.0. The quantitative estimate of drug-likeness (QED) is 0.647. The zero-order chi connectivity index (χ0) is 12.4. The average Bonchev–Trinajstić information content (AvgIpc) is 2.95. The molecule has 2 aliphatic heterocycles. The van der Waals surface area contributed by atoms with Gasteiger partial charge in [0.05, 0.1) is 13.0 Å². The Morgan fingerprint density at radius 3 is 2.76 bits per heavy atom. The Balaban J connectivity index is 1.90. The second-order valence-electron chi connectivity index (χ2n) is 4.45. The minimum Gasteiger partial charge on any atom is -0.469 e. The van der Waals surface area contributed by atoms with Crippen molar-refractivity contribution in [2.75, 3.05) is 20.2 Å². The van der Waals surface area contributed by atoms with Crippen molar-refractivity contribution in [3.8, 4) is 0 Å². The lowest BCUT2D eigenvalue weighted by Gasteiger charge is -2.20. The van der Waals surface area contributed by atoms with Gasteiger partial charge in [0.15, 0.2) is 0 Å². The molecule has 0 spiro atoms. The fraction of sp³-hybridized carbons (Fsp3) is 0.727. The van der Waals surface area contributed by atoms with Gasteiger partial charge in [0.1, 0.15) is 6.04 Å². The summed E-state index contributed by atoms with van der Waals surface area (Å²) < 4.78 is 4.66. The van der Waals surface area contributed by atoms with E-state index in [2.05, 4.69) is 10.1 Å². The molecule has 1 N–H and O–H groups in total. The third-order valence-electron chi connectivity index (χ3n) is 3.33. The molecular weight excluding hydrogens is 224 g/mol. The molecule has 2 aliphatic rings. The maximum atomic E-state index is 12.0. The maximum Gasteiger partial charge on any atom is 0.310 e. The number of hydrogen-bond acceptors (Lipinski definition) is 4. The van der Waals surface area contributed by atoms with Crippen LogP contribution in [0.3, 0.4) is 0 Å². The van der Waals surface area contributed by atoms with E-state index in [1.54, 1.807) is 4.90 Å². The summed E-state index contributed by atoms with van der Waals surface area (Å²) in [6.45, 7) is 0.961. The Morgan fingerprint density at radius 2 is 2.18 bits per heavy atom. The van der Waals surface area contributed by atoms with Gasteiger partial charge in [-0.1, -0.05) is 0 Å². The van der Waals surface area contributed by atoms with E-state index < -0.39 is 6.04 Å². The highest BCUT2D eigenvalue weighted by Gasteiger charge is 2.36. The largest absolute Gasteiger partial charge is 0.469 e. The van der Waals surface area contributed by atoms with Crippen molar-refractivity contribution in [2.45, 2.75) is 25.3 Å². The smallest absolute Gasteiger partial charge is 0.310 e. The van der Waals surface area contributed by atoms with Crippen LogP contribution < -0.4 is 5.32 Å². The summed E-state index contributed by atoms with van der Waals surface area (Å²) in [5, 5.41) is 2.64. The summed E-state index contributed by atoms with van der Waals surface area (Å²) in [6, 6.07) is -0.404. The number of nitrogens with one attached hydrogen (secondary N) is 1. The molecule has 0 aromatic heterocycles. The molecule has 0 aromatic rings. The number of methoxy groups -OCH3 is 1. The van der Waals surface area contributed by atoms with Crippen LogP contribution in [0.15, 0.2) is 0 Å². The predicted octanol–water partition coefficient (Wildman–Crippen LogP) is -0.713. The first-order valence-corrected chi connectivity index (χ1v) is 5.78. The van der Waals surface area contributed by atoms with E-state index in [0.717, 1.165) is 0 Å². The first kappa shape index (κ1) is 11.9. The minimum atomic E-state index is -0.404. The van der Waals surface area contributed by atoms with E-state index in [-0.39, 0.29) is 23.7 Å². The van der Waals surface area contributed by atoms with E-state index in [0.29, 0.717) is 32.4 Å². The van der Waals surface area contributed by atoms with Crippen LogP contribution in [-0.4, -0.2) is 48.9 Å². The van der Waals surface area contributed by atoms with Gasteiger partial charge in [0.25, 0.3) is 0 Å². The van der Waals surface area contributed by atoms with Gasteiger partial charge >= 0.3 is 5.97 Å². The minimum absolute atomic E-state index is 0.0768. The Kier molecular flexibility index (Phi) is 3.31. The Bertz CT molecular complexity index is 355. The van der Waals surface area contributed by atoms with Crippen LogP contribution in [0.2, 0.25) is 0 Å². The number of hydrogen-bond donors (Lipinski definition) is 1. The summed E-state index contributed by atoms with van der Waals surface area (Å²) in [7, 11) is 1.35. The van der Waals surface area contributed by atoms with E-state index in [1.165, 1.54) is 7.11 Å². The number of likely N-dealkylation sites (tertiary alicyclic amines) is 1. The van der Waals surface area contributed by atoms with Crippen molar-refractivity contribution < 1.29 is 19.1 Å². The second kappa shape index (κ2) is 4.73. The average molecular weight is 240 g/mol. The van der Waals surface area contributed by atoms with Crippen LogP contribution in [-0.2, 0) is 19.1 Å². The number of ether oxygens (including phenoxy) is 1. The monoisotopic (exact) mass is 240 g/mol. The van der Waals surface area contributed by atoms with Crippen molar-refractivity contribution >= 4 is 17.8 Å². The van der Waals surface area contributed by atoms with E-state index in [4.69, 9.17) is 0 Å². The van der Waals surface area contributed by atoms with Crippen LogP contribution in [0.25, 0.3) is 0 Å². The molecule has 2 unspecified atom stereocenters. The van der Waals surface area contributed by atoms with Crippen molar-refractivity contribution in [2.24, 2.45) is 5.92 Å². The zero-order valence-corrected chi connectivity index (χ0v) is 9.77. The lowest BCUT2D eigenvalue weighted by atomic mass is 10.1. The molecule has 2 fully saturated rings. The van der Waals surface area contributed by atoms with Gasteiger partial charge in [-0.25, -0.2) is 0 Å².